The third kappa shape index (κ3) is 3.60. The first-order valence-corrected chi connectivity index (χ1v) is 8.69. The summed E-state index contributed by atoms with van der Waals surface area (Å²) in [6.07, 6.45) is 1.01. The fourth-order valence-corrected chi connectivity index (χ4v) is 2.98. The molecule has 5 nitrogen and oxygen atoms in total. The van der Waals surface area contributed by atoms with Gasteiger partial charge >= 0.3 is 0 Å². The lowest BCUT2D eigenvalue weighted by Gasteiger charge is -2.26. The van der Waals surface area contributed by atoms with Crippen LogP contribution >= 0.6 is 0 Å². The fourth-order valence-electron chi connectivity index (χ4n) is 2.98. The summed E-state index contributed by atoms with van der Waals surface area (Å²) < 4.78 is 11.4. The first-order valence-electron chi connectivity index (χ1n) is 8.69. The molecule has 0 amide bonds. The number of hydrogen-bond donors (Lipinski definition) is 2. The highest BCUT2D eigenvalue weighted by Gasteiger charge is 2.30. The molecule has 0 fully saturated rings. The van der Waals surface area contributed by atoms with Gasteiger partial charge in [-0.25, -0.2) is 0 Å². The van der Waals surface area contributed by atoms with Crippen molar-refractivity contribution in [2.24, 2.45) is 11.7 Å². The van der Waals surface area contributed by atoms with Gasteiger partial charge in [-0.05, 0) is 36.1 Å². The van der Waals surface area contributed by atoms with Crippen LogP contribution in [0.3, 0.4) is 0 Å². The van der Waals surface area contributed by atoms with Crippen LogP contribution in [0, 0.1) is 17.2 Å². The van der Waals surface area contributed by atoms with Gasteiger partial charge in [0.05, 0.1) is 12.5 Å². The second-order valence-corrected chi connectivity index (χ2v) is 6.82. The van der Waals surface area contributed by atoms with E-state index < -0.39 is 0 Å². The molecule has 2 aromatic carbocycles. The molecule has 0 radical (unpaired) electrons. The zero-order chi connectivity index (χ0) is 18.7. The highest BCUT2D eigenvalue weighted by molar-refractivity contribution is 5.59. The Hall–Kier alpha value is -3.13. The second kappa shape index (κ2) is 7.40. The Morgan fingerprint density at radius 1 is 1.15 bits per heavy atom. The number of ether oxygens (including phenoxy) is 2. The molecule has 0 bridgehead atoms. The van der Waals surface area contributed by atoms with Gasteiger partial charge in [0.2, 0.25) is 5.88 Å². The van der Waals surface area contributed by atoms with Gasteiger partial charge in [0, 0.05) is 17.3 Å². The monoisotopic (exact) mass is 349 g/mol. The summed E-state index contributed by atoms with van der Waals surface area (Å²) in [4.78, 5) is 0. The van der Waals surface area contributed by atoms with E-state index in [9.17, 15) is 5.26 Å². The number of nitrogen functional groups attached to an aromatic ring is 1. The number of nitrogens with zero attached hydrogens (tertiary/aromatic N) is 1. The molecule has 1 aliphatic rings. The van der Waals surface area contributed by atoms with Gasteiger partial charge in [-0.2, -0.15) is 5.26 Å². The summed E-state index contributed by atoms with van der Waals surface area (Å²) in [7, 11) is 0. The largest absolute Gasteiger partial charge is 0.494 e. The number of allylic oxidation sites excluding steroid dienone is 1. The van der Waals surface area contributed by atoms with Gasteiger partial charge in [-0.3, -0.25) is 0 Å². The molecule has 0 saturated carbocycles. The summed E-state index contributed by atoms with van der Waals surface area (Å²) in [5.74, 6) is 1.84. The van der Waals surface area contributed by atoms with E-state index in [0.29, 0.717) is 29.5 Å². The zero-order valence-electron chi connectivity index (χ0n) is 15.0. The summed E-state index contributed by atoms with van der Waals surface area (Å²) in [5, 5.41) is 9.58. The molecule has 1 aliphatic heterocycles. The van der Waals surface area contributed by atoms with E-state index >= 15 is 0 Å². The fraction of sp³-hybridized carbons (Fsp3) is 0.286. The number of rotatable bonds is 5. The van der Waals surface area contributed by atoms with Crippen LogP contribution in [-0.2, 0) is 0 Å². The molecule has 1 unspecified atom stereocenters. The van der Waals surface area contributed by atoms with Gasteiger partial charge in [-0.15, -0.1) is 0 Å². The molecular formula is C21H23N3O2. The van der Waals surface area contributed by atoms with E-state index in [0.717, 1.165) is 23.3 Å². The average Bonchev–Trinajstić information content (AvgIpc) is 2.61. The van der Waals surface area contributed by atoms with Crippen molar-refractivity contribution in [1.29, 1.82) is 5.26 Å². The predicted octanol–water partition coefficient (Wildman–Crippen LogP) is 3.91. The SMILES string of the molecule is CC(C)CCOc1ccc(C2C(C#N)=C(N)Oc3cc(N)ccc32)cc1. The Balaban J connectivity index is 1.91. The van der Waals surface area contributed by atoms with E-state index in [-0.39, 0.29) is 11.8 Å². The number of fused-ring (bicyclic) bond motifs is 1. The van der Waals surface area contributed by atoms with Crippen LogP contribution in [0.15, 0.2) is 53.9 Å². The number of hydrogen-bond acceptors (Lipinski definition) is 5. The molecule has 0 aromatic heterocycles. The van der Waals surface area contributed by atoms with Crippen molar-refractivity contribution in [2.45, 2.75) is 26.2 Å². The third-order valence-electron chi connectivity index (χ3n) is 4.42. The first-order chi connectivity index (χ1) is 12.5. The minimum atomic E-state index is -0.283. The number of nitrogens with two attached hydrogens (primary N) is 2. The third-order valence-corrected chi connectivity index (χ3v) is 4.42. The van der Waals surface area contributed by atoms with Crippen molar-refractivity contribution in [3.63, 3.8) is 0 Å². The Morgan fingerprint density at radius 2 is 1.88 bits per heavy atom. The van der Waals surface area contributed by atoms with Crippen LogP contribution in [0.1, 0.15) is 37.3 Å². The van der Waals surface area contributed by atoms with Crippen LogP contribution in [0.5, 0.6) is 11.5 Å². The molecule has 1 atom stereocenters. The number of benzene rings is 2. The highest BCUT2D eigenvalue weighted by atomic mass is 16.5. The molecular weight excluding hydrogens is 326 g/mol. The van der Waals surface area contributed by atoms with Gasteiger partial charge in [-0.1, -0.05) is 32.0 Å². The molecule has 0 aliphatic carbocycles. The van der Waals surface area contributed by atoms with E-state index in [1.165, 1.54) is 0 Å². The van der Waals surface area contributed by atoms with Crippen LogP contribution < -0.4 is 20.9 Å². The quantitative estimate of drug-likeness (QED) is 0.798. The number of anilines is 1. The lowest BCUT2D eigenvalue weighted by Crippen LogP contribution is -2.21. The Morgan fingerprint density at radius 3 is 2.54 bits per heavy atom. The normalized spacial score (nSPS) is 16.0. The maximum Gasteiger partial charge on any atom is 0.205 e. The van der Waals surface area contributed by atoms with E-state index in [1.807, 2.05) is 30.3 Å². The van der Waals surface area contributed by atoms with Gasteiger partial charge in [0.15, 0.2) is 0 Å². The molecule has 0 saturated heterocycles. The second-order valence-electron chi connectivity index (χ2n) is 6.82. The molecule has 3 rings (SSSR count). The van der Waals surface area contributed by atoms with Crippen molar-refractivity contribution >= 4 is 5.69 Å². The van der Waals surface area contributed by atoms with Crippen LogP contribution in [0.2, 0.25) is 0 Å². The molecule has 4 N–H and O–H groups in total. The lowest BCUT2D eigenvalue weighted by molar-refractivity contribution is 0.289. The Kier molecular flexibility index (Phi) is 5.04. The summed E-state index contributed by atoms with van der Waals surface area (Å²) >= 11 is 0. The van der Waals surface area contributed by atoms with Gasteiger partial charge < -0.3 is 20.9 Å². The molecule has 0 spiro atoms. The smallest absolute Gasteiger partial charge is 0.205 e. The minimum Gasteiger partial charge on any atom is -0.494 e. The number of nitriles is 1. The standard InChI is InChI=1S/C21H23N3O2/c1-13(2)9-10-25-16-6-3-14(4-7-16)20-17-8-5-15(23)11-19(17)26-21(24)18(20)12-22/h3-8,11,13,20H,9-10,23-24H2,1-2H3. The van der Waals surface area contributed by atoms with Crippen LogP contribution in [0.4, 0.5) is 5.69 Å². The first kappa shape index (κ1) is 17.7. The van der Waals surface area contributed by atoms with E-state index in [2.05, 4.69) is 19.9 Å². The summed E-state index contributed by atoms with van der Waals surface area (Å²) in [5.41, 5.74) is 14.6. The summed E-state index contributed by atoms with van der Waals surface area (Å²) in [6, 6.07) is 15.4. The Labute approximate surface area is 153 Å². The molecule has 5 heteroatoms. The van der Waals surface area contributed by atoms with Crippen molar-refractivity contribution in [2.75, 3.05) is 12.3 Å². The topological polar surface area (TPSA) is 94.3 Å². The predicted molar refractivity (Wildman–Crippen MR) is 102 cm³/mol. The van der Waals surface area contributed by atoms with Crippen molar-refractivity contribution in [3.05, 3.63) is 65.0 Å². The molecule has 134 valence electrons. The highest BCUT2D eigenvalue weighted by Crippen LogP contribution is 2.42. The lowest BCUT2D eigenvalue weighted by atomic mass is 9.83. The van der Waals surface area contributed by atoms with E-state index in [1.54, 1.807) is 12.1 Å². The zero-order valence-corrected chi connectivity index (χ0v) is 15.0. The Bertz CT molecular complexity index is 864. The average molecular weight is 349 g/mol. The van der Waals surface area contributed by atoms with E-state index in [4.69, 9.17) is 20.9 Å². The maximum absolute atomic E-state index is 9.58. The maximum atomic E-state index is 9.58. The summed E-state index contributed by atoms with van der Waals surface area (Å²) in [6.45, 7) is 5.02. The molecule has 1 heterocycles. The molecule has 2 aromatic rings. The van der Waals surface area contributed by atoms with Gasteiger partial charge in [0.1, 0.15) is 23.1 Å². The van der Waals surface area contributed by atoms with Crippen LogP contribution in [0.25, 0.3) is 0 Å². The molecule has 26 heavy (non-hydrogen) atoms. The minimum absolute atomic E-state index is 0.118. The van der Waals surface area contributed by atoms with Crippen molar-refractivity contribution in [1.82, 2.24) is 0 Å². The van der Waals surface area contributed by atoms with Crippen molar-refractivity contribution < 1.29 is 9.47 Å². The van der Waals surface area contributed by atoms with Crippen molar-refractivity contribution in [3.8, 4) is 17.6 Å². The van der Waals surface area contributed by atoms with Crippen LogP contribution in [-0.4, -0.2) is 6.61 Å². The van der Waals surface area contributed by atoms with Gasteiger partial charge in [0.25, 0.3) is 0 Å².